The van der Waals surface area contributed by atoms with Crippen LogP contribution in [0.15, 0.2) is 0 Å². The Balaban J connectivity index is 3.28. The first-order chi connectivity index (χ1) is 3.92. The van der Waals surface area contributed by atoms with Gasteiger partial charge >= 0.3 is 0 Å². The minimum atomic E-state index is -0.878. The van der Waals surface area contributed by atoms with Gasteiger partial charge in [0.1, 0.15) is 5.72 Å². The molecular formula is C6H15NO2. The van der Waals surface area contributed by atoms with Gasteiger partial charge in [0.05, 0.1) is 6.10 Å². The molecule has 9 heavy (non-hydrogen) atoms. The highest BCUT2D eigenvalue weighted by atomic mass is 16.3. The maximum atomic E-state index is 9.04. The molecule has 0 spiro atoms. The zero-order valence-corrected chi connectivity index (χ0v) is 6.18. The molecule has 3 nitrogen and oxygen atoms in total. The Morgan fingerprint density at radius 2 is 2.00 bits per heavy atom. The second-order valence-corrected chi connectivity index (χ2v) is 2.79. The van der Waals surface area contributed by atoms with Gasteiger partial charge in [0.2, 0.25) is 0 Å². The Morgan fingerprint density at radius 3 is 2.11 bits per heavy atom. The molecule has 0 radical (unpaired) electrons. The Bertz CT molecular complexity index is 75.6. The van der Waals surface area contributed by atoms with E-state index in [2.05, 4.69) is 5.32 Å². The molecule has 0 fully saturated rings. The van der Waals surface area contributed by atoms with E-state index in [-0.39, 0.29) is 0 Å². The lowest BCUT2D eigenvalue weighted by atomic mass is 10.3. The van der Waals surface area contributed by atoms with Crippen LogP contribution in [0.4, 0.5) is 0 Å². The molecule has 0 aliphatic rings. The van der Waals surface area contributed by atoms with Crippen LogP contribution in [0.2, 0.25) is 0 Å². The van der Waals surface area contributed by atoms with Crippen LogP contribution < -0.4 is 5.32 Å². The minimum absolute atomic E-state index is 0.406. The number of nitrogens with one attached hydrogen (secondary N) is 1. The first-order valence-electron chi connectivity index (χ1n) is 3.07. The normalized spacial score (nSPS) is 15.7. The van der Waals surface area contributed by atoms with E-state index in [1.54, 1.807) is 20.8 Å². The van der Waals surface area contributed by atoms with Gasteiger partial charge in [-0.05, 0) is 20.8 Å². The second kappa shape index (κ2) is 3.15. The van der Waals surface area contributed by atoms with Crippen molar-refractivity contribution in [3.8, 4) is 0 Å². The van der Waals surface area contributed by atoms with Crippen LogP contribution in [0.25, 0.3) is 0 Å². The average Bonchev–Trinajstić information content (AvgIpc) is 1.59. The fraction of sp³-hybridized carbons (Fsp3) is 1.00. The first kappa shape index (κ1) is 8.88. The Labute approximate surface area is 55.7 Å². The summed E-state index contributed by atoms with van der Waals surface area (Å²) in [6, 6.07) is 0. The molecule has 0 aromatic rings. The zero-order chi connectivity index (χ0) is 7.49. The number of aliphatic hydroxyl groups is 2. The topological polar surface area (TPSA) is 52.5 Å². The van der Waals surface area contributed by atoms with Gasteiger partial charge in [-0.3, -0.25) is 5.32 Å². The highest BCUT2D eigenvalue weighted by Gasteiger charge is 2.10. The molecule has 0 heterocycles. The number of hydrogen-bond donors (Lipinski definition) is 3. The average molecular weight is 133 g/mol. The summed E-state index contributed by atoms with van der Waals surface area (Å²) in [7, 11) is 0. The maximum absolute atomic E-state index is 9.04. The third-order valence-corrected chi connectivity index (χ3v) is 0.830. The molecule has 0 saturated carbocycles. The minimum Gasteiger partial charge on any atom is -0.392 e. The largest absolute Gasteiger partial charge is 0.392 e. The van der Waals surface area contributed by atoms with Crippen molar-refractivity contribution in [2.24, 2.45) is 0 Å². The maximum Gasteiger partial charge on any atom is 0.110 e. The molecule has 0 aromatic carbocycles. The molecule has 1 unspecified atom stereocenters. The van der Waals surface area contributed by atoms with E-state index in [1.165, 1.54) is 0 Å². The Hall–Kier alpha value is -0.120. The molecule has 3 heteroatoms. The van der Waals surface area contributed by atoms with Crippen LogP contribution in [0.3, 0.4) is 0 Å². The van der Waals surface area contributed by atoms with E-state index in [9.17, 15) is 0 Å². The standard InChI is InChI=1S/C6H15NO2/c1-5(8)4-7-6(2,3)9/h5,7-9H,4H2,1-3H3. The van der Waals surface area contributed by atoms with Gasteiger partial charge in [-0.15, -0.1) is 0 Å². The van der Waals surface area contributed by atoms with Crippen molar-refractivity contribution >= 4 is 0 Å². The zero-order valence-electron chi connectivity index (χ0n) is 6.18. The Morgan fingerprint density at radius 1 is 1.56 bits per heavy atom. The van der Waals surface area contributed by atoms with E-state index < -0.39 is 11.8 Å². The number of hydrogen-bond acceptors (Lipinski definition) is 3. The summed E-state index contributed by atoms with van der Waals surface area (Å²) in [6.07, 6.45) is -0.406. The second-order valence-electron chi connectivity index (χ2n) is 2.79. The lowest BCUT2D eigenvalue weighted by Crippen LogP contribution is -2.42. The van der Waals surface area contributed by atoms with Crippen LogP contribution in [0.5, 0.6) is 0 Å². The van der Waals surface area contributed by atoms with Crippen molar-refractivity contribution in [2.45, 2.75) is 32.6 Å². The third-order valence-electron chi connectivity index (χ3n) is 0.830. The molecule has 3 N–H and O–H groups in total. The van der Waals surface area contributed by atoms with Crippen LogP contribution in [0.1, 0.15) is 20.8 Å². The summed E-state index contributed by atoms with van der Waals surface area (Å²) in [5.74, 6) is 0. The number of rotatable bonds is 3. The van der Waals surface area contributed by atoms with Crippen molar-refractivity contribution in [1.29, 1.82) is 0 Å². The van der Waals surface area contributed by atoms with Crippen LogP contribution >= 0.6 is 0 Å². The molecule has 0 aliphatic heterocycles. The van der Waals surface area contributed by atoms with Gasteiger partial charge < -0.3 is 10.2 Å². The highest BCUT2D eigenvalue weighted by molar-refractivity contribution is 4.63. The van der Waals surface area contributed by atoms with E-state index in [0.717, 1.165) is 0 Å². The van der Waals surface area contributed by atoms with Gasteiger partial charge in [-0.25, -0.2) is 0 Å². The first-order valence-corrected chi connectivity index (χ1v) is 3.07. The molecule has 0 aromatic heterocycles. The van der Waals surface area contributed by atoms with Gasteiger partial charge in [0.25, 0.3) is 0 Å². The van der Waals surface area contributed by atoms with E-state index in [0.29, 0.717) is 6.54 Å². The predicted octanol–water partition coefficient (Wildman–Crippen LogP) is -0.315. The summed E-state index contributed by atoms with van der Waals surface area (Å²) in [5, 5.41) is 20.5. The molecule has 56 valence electrons. The summed E-state index contributed by atoms with van der Waals surface area (Å²) >= 11 is 0. The molecule has 0 saturated heterocycles. The van der Waals surface area contributed by atoms with E-state index >= 15 is 0 Å². The molecule has 0 amide bonds. The molecular weight excluding hydrogens is 118 g/mol. The predicted molar refractivity (Wildman–Crippen MR) is 36.0 cm³/mol. The quantitative estimate of drug-likeness (QED) is 0.463. The van der Waals surface area contributed by atoms with E-state index in [1.807, 2.05) is 0 Å². The summed E-state index contributed by atoms with van der Waals surface area (Å²) < 4.78 is 0. The van der Waals surface area contributed by atoms with Gasteiger partial charge in [-0.1, -0.05) is 0 Å². The van der Waals surface area contributed by atoms with Crippen LogP contribution in [0, 0.1) is 0 Å². The highest BCUT2D eigenvalue weighted by Crippen LogP contribution is 1.93. The van der Waals surface area contributed by atoms with Crippen molar-refractivity contribution in [1.82, 2.24) is 5.32 Å². The monoisotopic (exact) mass is 133 g/mol. The van der Waals surface area contributed by atoms with Gasteiger partial charge in [0.15, 0.2) is 0 Å². The van der Waals surface area contributed by atoms with Crippen molar-refractivity contribution in [3.63, 3.8) is 0 Å². The van der Waals surface area contributed by atoms with Crippen LogP contribution in [-0.4, -0.2) is 28.6 Å². The molecule has 0 aliphatic carbocycles. The molecule has 1 atom stereocenters. The summed E-state index contributed by atoms with van der Waals surface area (Å²) in [6.45, 7) is 5.35. The lowest BCUT2D eigenvalue weighted by molar-refractivity contribution is 0.0303. The smallest absolute Gasteiger partial charge is 0.110 e. The fourth-order valence-corrected chi connectivity index (χ4v) is 0.397. The third kappa shape index (κ3) is 7.88. The molecule has 0 bridgehead atoms. The summed E-state index contributed by atoms with van der Waals surface area (Å²) in [4.78, 5) is 0. The Kier molecular flexibility index (Phi) is 3.11. The fourth-order valence-electron chi connectivity index (χ4n) is 0.397. The van der Waals surface area contributed by atoms with Crippen LogP contribution in [-0.2, 0) is 0 Å². The van der Waals surface area contributed by atoms with E-state index in [4.69, 9.17) is 10.2 Å². The SMILES string of the molecule is CC(O)CNC(C)(C)O. The lowest BCUT2D eigenvalue weighted by Gasteiger charge is -2.19. The van der Waals surface area contributed by atoms with Crippen molar-refractivity contribution < 1.29 is 10.2 Å². The number of aliphatic hydroxyl groups excluding tert-OH is 1. The van der Waals surface area contributed by atoms with Gasteiger partial charge in [0, 0.05) is 6.54 Å². The molecule has 0 rings (SSSR count). The van der Waals surface area contributed by atoms with Crippen molar-refractivity contribution in [3.05, 3.63) is 0 Å². The van der Waals surface area contributed by atoms with Gasteiger partial charge in [-0.2, -0.15) is 0 Å². The summed E-state index contributed by atoms with van der Waals surface area (Å²) in [5.41, 5.74) is -0.878. The van der Waals surface area contributed by atoms with Crippen molar-refractivity contribution in [2.75, 3.05) is 6.54 Å².